The van der Waals surface area contributed by atoms with Crippen LogP contribution in [0.25, 0.3) is 11.5 Å². The number of oxazole rings is 1. The fraction of sp³-hybridized carbons (Fsp3) is 0.516. The first-order valence-electron chi connectivity index (χ1n) is 13.1. The normalized spacial score (nSPS) is 12.5. The Morgan fingerprint density at radius 2 is 1.56 bits per heavy atom. The highest BCUT2D eigenvalue weighted by Crippen LogP contribution is 2.41. The molecule has 0 bridgehead atoms. The van der Waals surface area contributed by atoms with Crippen molar-refractivity contribution < 1.29 is 14.3 Å². The van der Waals surface area contributed by atoms with Gasteiger partial charge in [0.15, 0.2) is 0 Å². The zero-order chi connectivity index (χ0) is 26.7. The SMILES string of the molecule is CCN(Cc1ccc(OCCc2coc(-c3cc(C(C)(C)C)c(O)c(C(C)(C)C)c3)n2)cc1)C(C)C. The number of ether oxygens (including phenoxy) is 1. The van der Waals surface area contributed by atoms with Gasteiger partial charge in [-0.05, 0) is 61.1 Å². The monoisotopic (exact) mass is 492 g/mol. The maximum atomic E-state index is 11.0. The van der Waals surface area contributed by atoms with Gasteiger partial charge in [-0.15, -0.1) is 0 Å². The van der Waals surface area contributed by atoms with Crippen molar-refractivity contribution in [2.24, 2.45) is 0 Å². The third-order valence-corrected chi connectivity index (χ3v) is 6.60. The molecule has 0 fully saturated rings. The number of hydrogen-bond donors (Lipinski definition) is 1. The molecular formula is C31H44N2O3. The van der Waals surface area contributed by atoms with E-state index in [0.29, 0.717) is 30.7 Å². The fourth-order valence-electron chi connectivity index (χ4n) is 4.31. The van der Waals surface area contributed by atoms with Gasteiger partial charge in [0.1, 0.15) is 17.8 Å². The van der Waals surface area contributed by atoms with Crippen LogP contribution in [0.3, 0.4) is 0 Å². The summed E-state index contributed by atoms with van der Waals surface area (Å²) in [5.41, 5.74) is 4.40. The molecule has 1 N–H and O–H groups in total. The van der Waals surface area contributed by atoms with E-state index in [4.69, 9.17) is 14.1 Å². The molecule has 0 unspecified atom stereocenters. The lowest BCUT2D eigenvalue weighted by atomic mass is 9.78. The molecule has 0 saturated carbocycles. The Bertz CT molecular complexity index is 1100. The van der Waals surface area contributed by atoms with Crippen LogP contribution in [0.1, 0.15) is 84.7 Å². The van der Waals surface area contributed by atoms with Crippen molar-refractivity contribution in [2.45, 2.75) is 92.2 Å². The predicted octanol–water partition coefficient (Wildman–Crippen LogP) is 7.49. The van der Waals surface area contributed by atoms with Gasteiger partial charge in [-0.2, -0.15) is 0 Å². The molecule has 0 spiro atoms. The van der Waals surface area contributed by atoms with Gasteiger partial charge in [-0.1, -0.05) is 60.6 Å². The molecule has 5 nitrogen and oxygen atoms in total. The zero-order valence-electron chi connectivity index (χ0n) is 23.6. The number of benzene rings is 2. The van der Waals surface area contributed by atoms with Crippen molar-refractivity contribution in [2.75, 3.05) is 13.2 Å². The van der Waals surface area contributed by atoms with Crippen molar-refractivity contribution in [3.8, 4) is 23.0 Å². The van der Waals surface area contributed by atoms with Gasteiger partial charge in [-0.3, -0.25) is 4.90 Å². The fourth-order valence-corrected chi connectivity index (χ4v) is 4.31. The van der Waals surface area contributed by atoms with Crippen LogP contribution in [-0.4, -0.2) is 34.2 Å². The topological polar surface area (TPSA) is 58.7 Å². The summed E-state index contributed by atoms with van der Waals surface area (Å²) >= 11 is 0. The predicted molar refractivity (Wildman–Crippen MR) is 148 cm³/mol. The van der Waals surface area contributed by atoms with E-state index in [1.54, 1.807) is 6.26 Å². The van der Waals surface area contributed by atoms with E-state index in [0.717, 1.165) is 41.2 Å². The summed E-state index contributed by atoms with van der Waals surface area (Å²) in [6.07, 6.45) is 2.35. The lowest BCUT2D eigenvalue weighted by Gasteiger charge is -2.27. The Kier molecular flexibility index (Phi) is 8.55. The van der Waals surface area contributed by atoms with Gasteiger partial charge in [-0.25, -0.2) is 4.98 Å². The van der Waals surface area contributed by atoms with Gasteiger partial charge in [0.25, 0.3) is 0 Å². The molecule has 5 heteroatoms. The molecule has 3 rings (SSSR count). The molecule has 2 aromatic carbocycles. The average molecular weight is 493 g/mol. The number of aromatic hydroxyl groups is 1. The van der Waals surface area contributed by atoms with Crippen LogP contribution in [0.4, 0.5) is 0 Å². The summed E-state index contributed by atoms with van der Waals surface area (Å²) in [5.74, 6) is 1.78. The Morgan fingerprint density at radius 1 is 0.972 bits per heavy atom. The molecule has 36 heavy (non-hydrogen) atoms. The second-order valence-corrected chi connectivity index (χ2v) is 12.0. The molecule has 0 aliphatic carbocycles. The molecule has 0 aliphatic rings. The maximum Gasteiger partial charge on any atom is 0.226 e. The maximum absolute atomic E-state index is 11.0. The number of phenols is 1. The van der Waals surface area contributed by atoms with Crippen molar-refractivity contribution in [3.63, 3.8) is 0 Å². The summed E-state index contributed by atoms with van der Waals surface area (Å²) in [6.45, 7) is 21.8. The zero-order valence-corrected chi connectivity index (χ0v) is 23.6. The van der Waals surface area contributed by atoms with Crippen LogP contribution in [0.15, 0.2) is 47.1 Å². The first-order valence-corrected chi connectivity index (χ1v) is 13.1. The first kappa shape index (κ1) is 27.8. The van der Waals surface area contributed by atoms with Gasteiger partial charge in [0.2, 0.25) is 5.89 Å². The van der Waals surface area contributed by atoms with E-state index in [2.05, 4.69) is 79.3 Å². The highest BCUT2D eigenvalue weighted by molar-refractivity contribution is 5.63. The van der Waals surface area contributed by atoms with Crippen molar-refractivity contribution >= 4 is 0 Å². The van der Waals surface area contributed by atoms with Gasteiger partial charge >= 0.3 is 0 Å². The average Bonchev–Trinajstić information content (AvgIpc) is 3.25. The molecule has 0 atom stereocenters. The lowest BCUT2D eigenvalue weighted by molar-refractivity contribution is 0.225. The van der Waals surface area contributed by atoms with Crippen molar-refractivity contribution in [1.82, 2.24) is 9.88 Å². The van der Waals surface area contributed by atoms with E-state index in [-0.39, 0.29) is 10.8 Å². The highest BCUT2D eigenvalue weighted by atomic mass is 16.5. The van der Waals surface area contributed by atoms with Crippen LogP contribution in [0, 0.1) is 0 Å². The smallest absolute Gasteiger partial charge is 0.226 e. The number of phenolic OH excluding ortho intramolecular Hbond substituents is 1. The van der Waals surface area contributed by atoms with Gasteiger partial charge in [0, 0.05) is 35.7 Å². The minimum Gasteiger partial charge on any atom is -0.507 e. The third-order valence-electron chi connectivity index (χ3n) is 6.60. The minimum absolute atomic E-state index is 0.206. The number of aromatic nitrogens is 1. The summed E-state index contributed by atoms with van der Waals surface area (Å²) in [5, 5.41) is 11.0. The second kappa shape index (κ2) is 11.1. The number of rotatable bonds is 9. The van der Waals surface area contributed by atoms with Gasteiger partial charge in [0.05, 0.1) is 12.3 Å². The highest BCUT2D eigenvalue weighted by Gasteiger charge is 2.27. The molecular weight excluding hydrogens is 448 g/mol. The van der Waals surface area contributed by atoms with Crippen molar-refractivity contribution in [3.05, 3.63) is 65.0 Å². The molecule has 0 saturated heterocycles. The number of nitrogens with zero attached hydrogens (tertiary/aromatic N) is 2. The summed E-state index contributed by atoms with van der Waals surface area (Å²) in [6, 6.07) is 12.9. The Morgan fingerprint density at radius 3 is 2.06 bits per heavy atom. The Balaban J connectivity index is 1.68. The standard InChI is InChI=1S/C31H44N2O3/c1-10-33(21(2)3)19-22-11-13-25(14-12-22)35-16-15-24-20-36-29(32-24)23-17-26(30(4,5)6)28(34)27(18-23)31(7,8)9/h11-14,17-18,20-21,34H,10,15-16,19H2,1-9H3. The van der Waals surface area contributed by atoms with Crippen LogP contribution < -0.4 is 4.74 Å². The van der Waals surface area contributed by atoms with E-state index < -0.39 is 0 Å². The Hall–Kier alpha value is -2.79. The molecule has 196 valence electrons. The summed E-state index contributed by atoms with van der Waals surface area (Å²) in [4.78, 5) is 7.16. The van der Waals surface area contributed by atoms with E-state index >= 15 is 0 Å². The minimum atomic E-state index is -0.206. The second-order valence-electron chi connectivity index (χ2n) is 12.0. The van der Waals surface area contributed by atoms with Crippen LogP contribution in [0.5, 0.6) is 11.5 Å². The third kappa shape index (κ3) is 6.91. The molecule has 0 aliphatic heterocycles. The summed E-state index contributed by atoms with van der Waals surface area (Å²) in [7, 11) is 0. The first-order chi connectivity index (χ1) is 16.8. The quantitative estimate of drug-likeness (QED) is 0.335. The van der Waals surface area contributed by atoms with Crippen LogP contribution in [0.2, 0.25) is 0 Å². The van der Waals surface area contributed by atoms with Crippen LogP contribution in [-0.2, 0) is 23.8 Å². The molecule has 3 aromatic rings. The molecule has 0 radical (unpaired) electrons. The molecule has 1 aromatic heterocycles. The number of hydrogen-bond acceptors (Lipinski definition) is 5. The lowest BCUT2D eigenvalue weighted by Crippen LogP contribution is -2.29. The Labute approximate surface area is 217 Å². The molecule has 0 amide bonds. The van der Waals surface area contributed by atoms with Crippen molar-refractivity contribution in [1.29, 1.82) is 0 Å². The molecule has 1 heterocycles. The van der Waals surface area contributed by atoms with E-state index in [1.807, 2.05) is 24.3 Å². The summed E-state index contributed by atoms with van der Waals surface area (Å²) < 4.78 is 11.8. The largest absolute Gasteiger partial charge is 0.507 e. The van der Waals surface area contributed by atoms with E-state index in [1.165, 1.54) is 5.56 Å². The van der Waals surface area contributed by atoms with E-state index in [9.17, 15) is 5.11 Å². The van der Waals surface area contributed by atoms with Gasteiger partial charge < -0.3 is 14.3 Å². The van der Waals surface area contributed by atoms with Crippen LogP contribution >= 0.6 is 0 Å².